The van der Waals surface area contributed by atoms with Crippen molar-refractivity contribution in [3.8, 4) is 0 Å². The Bertz CT molecular complexity index is 339. The number of anilines is 1. The van der Waals surface area contributed by atoms with Gasteiger partial charge >= 0.3 is 6.09 Å². The van der Waals surface area contributed by atoms with Gasteiger partial charge in [0.15, 0.2) is 0 Å². The van der Waals surface area contributed by atoms with Crippen molar-refractivity contribution in [1.29, 1.82) is 0 Å². The molecule has 0 fully saturated rings. The molecule has 0 aliphatic heterocycles. The Hall–Kier alpha value is -1.71. The van der Waals surface area contributed by atoms with Crippen LogP contribution in [0.5, 0.6) is 0 Å². The highest BCUT2D eigenvalue weighted by atomic mass is 16.5. The quantitative estimate of drug-likeness (QED) is 0.771. The molecule has 0 saturated heterocycles. The molecule has 0 unspecified atom stereocenters. The summed E-state index contributed by atoms with van der Waals surface area (Å²) < 4.78 is 4.86. The number of nitrogens with two attached hydrogens (primary N) is 1. The van der Waals surface area contributed by atoms with Crippen molar-refractivity contribution in [2.24, 2.45) is 0 Å². The highest BCUT2D eigenvalue weighted by Crippen LogP contribution is 2.09. The minimum Gasteiger partial charge on any atom is -0.450 e. The Morgan fingerprint density at radius 3 is 2.87 bits per heavy atom. The van der Waals surface area contributed by atoms with E-state index in [0.29, 0.717) is 18.8 Å². The van der Waals surface area contributed by atoms with E-state index < -0.39 is 0 Å². The molecular weight excluding hydrogens is 192 g/mol. The first-order chi connectivity index (χ1) is 7.13. The second-order valence-corrected chi connectivity index (χ2v) is 3.30. The summed E-state index contributed by atoms with van der Waals surface area (Å²) in [4.78, 5) is 12.8. The number of carbonyl (C=O) groups is 1. The smallest absolute Gasteiger partial charge is 0.409 e. The van der Waals surface area contributed by atoms with Gasteiger partial charge in [0.05, 0.1) is 6.61 Å². The summed E-state index contributed by atoms with van der Waals surface area (Å²) in [6.07, 6.45) is -0.320. The van der Waals surface area contributed by atoms with E-state index in [2.05, 4.69) is 0 Å². The molecule has 0 aromatic heterocycles. The zero-order chi connectivity index (χ0) is 11.3. The fourth-order valence-electron chi connectivity index (χ4n) is 1.26. The van der Waals surface area contributed by atoms with Crippen LogP contribution in [-0.2, 0) is 11.3 Å². The zero-order valence-corrected chi connectivity index (χ0v) is 9.06. The van der Waals surface area contributed by atoms with Crippen LogP contribution in [0.3, 0.4) is 0 Å². The summed E-state index contributed by atoms with van der Waals surface area (Å²) in [7, 11) is 1.70. The van der Waals surface area contributed by atoms with Gasteiger partial charge < -0.3 is 15.4 Å². The average Bonchev–Trinajstić information content (AvgIpc) is 2.18. The van der Waals surface area contributed by atoms with E-state index in [1.54, 1.807) is 14.0 Å². The molecule has 82 valence electrons. The molecule has 0 atom stereocenters. The topological polar surface area (TPSA) is 55.6 Å². The lowest BCUT2D eigenvalue weighted by Gasteiger charge is -2.16. The lowest BCUT2D eigenvalue weighted by atomic mass is 10.2. The van der Waals surface area contributed by atoms with Gasteiger partial charge in [-0.05, 0) is 24.6 Å². The fourth-order valence-corrected chi connectivity index (χ4v) is 1.26. The van der Waals surface area contributed by atoms with Crippen molar-refractivity contribution < 1.29 is 9.53 Å². The SMILES string of the molecule is CCOC(=O)N(C)Cc1cccc(N)c1. The number of rotatable bonds is 3. The third-order valence-electron chi connectivity index (χ3n) is 1.95. The molecule has 1 amide bonds. The number of hydrogen-bond acceptors (Lipinski definition) is 3. The minimum atomic E-state index is -0.320. The first kappa shape index (κ1) is 11.4. The summed E-state index contributed by atoms with van der Waals surface area (Å²) in [5, 5.41) is 0. The Morgan fingerprint density at radius 1 is 1.53 bits per heavy atom. The van der Waals surface area contributed by atoms with Gasteiger partial charge in [0.25, 0.3) is 0 Å². The second kappa shape index (κ2) is 5.24. The van der Waals surface area contributed by atoms with Crippen LogP contribution < -0.4 is 5.73 Å². The molecule has 0 radical (unpaired) electrons. The zero-order valence-electron chi connectivity index (χ0n) is 9.06. The number of hydrogen-bond donors (Lipinski definition) is 1. The molecule has 1 rings (SSSR count). The molecule has 0 spiro atoms. The van der Waals surface area contributed by atoms with Crippen LogP contribution in [0.25, 0.3) is 0 Å². The number of benzene rings is 1. The van der Waals surface area contributed by atoms with Crippen LogP contribution in [0, 0.1) is 0 Å². The molecule has 1 aromatic carbocycles. The second-order valence-electron chi connectivity index (χ2n) is 3.30. The van der Waals surface area contributed by atoms with Crippen molar-refractivity contribution in [2.45, 2.75) is 13.5 Å². The Morgan fingerprint density at radius 2 is 2.27 bits per heavy atom. The molecule has 4 nitrogen and oxygen atoms in total. The molecule has 0 aliphatic rings. The Labute approximate surface area is 89.6 Å². The van der Waals surface area contributed by atoms with Crippen molar-refractivity contribution in [3.63, 3.8) is 0 Å². The molecule has 0 aliphatic carbocycles. The number of ether oxygens (including phenoxy) is 1. The predicted molar refractivity (Wildman–Crippen MR) is 59.3 cm³/mol. The van der Waals surface area contributed by atoms with Crippen LogP contribution in [0.2, 0.25) is 0 Å². The van der Waals surface area contributed by atoms with Gasteiger partial charge in [-0.3, -0.25) is 0 Å². The minimum absolute atomic E-state index is 0.320. The maximum Gasteiger partial charge on any atom is 0.409 e. The van der Waals surface area contributed by atoms with E-state index in [0.717, 1.165) is 5.56 Å². The highest BCUT2D eigenvalue weighted by molar-refractivity contribution is 5.67. The third-order valence-corrected chi connectivity index (χ3v) is 1.95. The normalized spacial score (nSPS) is 9.73. The number of carbonyl (C=O) groups excluding carboxylic acids is 1. The number of nitrogens with zero attached hydrogens (tertiary/aromatic N) is 1. The Kier molecular flexibility index (Phi) is 3.97. The van der Waals surface area contributed by atoms with Crippen molar-refractivity contribution in [2.75, 3.05) is 19.4 Å². The van der Waals surface area contributed by atoms with E-state index in [4.69, 9.17) is 10.5 Å². The average molecular weight is 208 g/mol. The van der Waals surface area contributed by atoms with E-state index in [9.17, 15) is 4.79 Å². The predicted octanol–water partition coefficient (Wildman–Crippen LogP) is 1.86. The maximum atomic E-state index is 11.3. The molecular formula is C11H16N2O2. The summed E-state index contributed by atoms with van der Waals surface area (Å²) in [5.41, 5.74) is 7.32. The Balaban J connectivity index is 2.58. The van der Waals surface area contributed by atoms with Crippen LogP contribution in [0.1, 0.15) is 12.5 Å². The summed E-state index contributed by atoms with van der Waals surface area (Å²) in [6, 6.07) is 7.44. The molecule has 4 heteroatoms. The van der Waals surface area contributed by atoms with E-state index in [1.165, 1.54) is 4.90 Å². The maximum absolute atomic E-state index is 11.3. The van der Waals surface area contributed by atoms with Gasteiger partial charge in [-0.25, -0.2) is 4.79 Å². The number of nitrogen functional groups attached to an aromatic ring is 1. The first-order valence-electron chi connectivity index (χ1n) is 4.85. The van der Waals surface area contributed by atoms with Crippen molar-refractivity contribution in [1.82, 2.24) is 4.90 Å². The van der Waals surface area contributed by atoms with Crippen LogP contribution in [0.4, 0.5) is 10.5 Å². The molecule has 15 heavy (non-hydrogen) atoms. The van der Waals surface area contributed by atoms with Gasteiger partial charge in [-0.15, -0.1) is 0 Å². The lowest BCUT2D eigenvalue weighted by molar-refractivity contribution is 0.114. The van der Waals surface area contributed by atoms with E-state index >= 15 is 0 Å². The molecule has 0 bridgehead atoms. The van der Waals surface area contributed by atoms with Gasteiger partial charge in [0.2, 0.25) is 0 Å². The summed E-state index contributed by atoms with van der Waals surface area (Å²) >= 11 is 0. The van der Waals surface area contributed by atoms with Crippen molar-refractivity contribution >= 4 is 11.8 Å². The van der Waals surface area contributed by atoms with Crippen molar-refractivity contribution in [3.05, 3.63) is 29.8 Å². The lowest BCUT2D eigenvalue weighted by Crippen LogP contribution is -2.26. The number of amides is 1. The molecule has 2 N–H and O–H groups in total. The van der Waals surface area contributed by atoms with Crippen LogP contribution >= 0.6 is 0 Å². The van der Waals surface area contributed by atoms with E-state index in [-0.39, 0.29) is 6.09 Å². The molecule has 0 heterocycles. The first-order valence-corrected chi connectivity index (χ1v) is 4.85. The van der Waals surface area contributed by atoms with Crippen LogP contribution in [0.15, 0.2) is 24.3 Å². The van der Waals surface area contributed by atoms with Gasteiger partial charge in [-0.1, -0.05) is 12.1 Å². The van der Waals surface area contributed by atoms with E-state index in [1.807, 2.05) is 24.3 Å². The van der Waals surface area contributed by atoms with Gasteiger partial charge in [-0.2, -0.15) is 0 Å². The molecule has 1 aromatic rings. The fraction of sp³-hybridized carbons (Fsp3) is 0.364. The monoisotopic (exact) mass is 208 g/mol. The summed E-state index contributed by atoms with van der Waals surface area (Å²) in [6.45, 7) is 2.68. The molecule has 0 saturated carbocycles. The third kappa shape index (κ3) is 3.50. The van der Waals surface area contributed by atoms with Gasteiger partial charge in [0.1, 0.15) is 0 Å². The van der Waals surface area contributed by atoms with Gasteiger partial charge in [0, 0.05) is 19.3 Å². The standard InChI is InChI=1S/C11H16N2O2/c1-3-15-11(14)13(2)8-9-5-4-6-10(12)7-9/h4-7H,3,8,12H2,1-2H3. The highest BCUT2D eigenvalue weighted by Gasteiger charge is 2.09. The van der Waals surface area contributed by atoms with Crippen LogP contribution in [-0.4, -0.2) is 24.6 Å². The largest absolute Gasteiger partial charge is 0.450 e. The summed E-state index contributed by atoms with van der Waals surface area (Å²) in [5.74, 6) is 0.